The van der Waals surface area contributed by atoms with E-state index < -0.39 is 0 Å². The number of aromatic nitrogens is 2. The summed E-state index contributed by atoms with van der Waals surface area (Å²) in [7, 11) is 0. The van der Waals surface area contributed by atoms with E-state index in [9.17, 15) is 4.79 Å². The number of nitrogens with zero attached hydrogens (tertiary/aromatic N) is 2. The first-order valence-electron chi connectivity index (χ1n) is 7.46. The SMILES string of the molecule is CCc1cc([C@H](C)NC(=O)c2cc(-c3ccccc3)on2)on1. The lowest BCUT2D eigenvalue weighted by molar-refractivity contribution is 0.0924. The van der Waals surface area contributed by atoms with Crippen LogP contribution >= 0.6 is 0 Å². The van der Waals surface area contributed by atoms with Crippen molar-refractivity contribution >= 4 is 5.91 Å². The molecule has 0 saturated carbocycles. The molecule has 0 bridgehead atoms. The summed E-state index contributed by atoms with van der Waals surface area (Å²) in [6.45, 7) is 3.82. The van der Waals surface area contributed by atoms with Gasteiger partial charge >= 0.3 is 0 Å². The zero-order valence-electron chi connectivity index (χ0n) is 12.9. The van der Waals surface area contributed by atoms with Gasteiger partial charge in [-0.1, -0.05) is 47.6 Å². The molecule has 0 aliphatic carbocycles. The fourth-order valence-electron chi connectivity index (χ4n) is 2.16. The normalized spacial score (nSPS) is 12.1. The molecule has 2 aromatic heterocycles. The number of hydrogen-bond acceptors (Lipinski definition) is 5. The highest BCUT2D eigenvalue weighted by molar-refractivity contribution is 5.93. The molecular formula is C17H17N3O3. The standard InChI is InChI=1S/C17H17N3O3/c1-3-13-9-15(22-19-13)11(2)18-17(21)14-10-16(23-20-14)12-7-5-4-6-8-12/h4-11H,3H2,1-2H3,(H,18,21)/t11-/m0/s1. The number of carbonyl (C=O) groups is 1. The third-order valence-electron chi connectivity index (χ3n) is 3.51. The third kappa shape index (κ3) is 3.31. The largest absolute Gasteiger partial charge is 0.359 e. The van der Waals surface area contributed by atoms with Crippen molar-refractivity contribution in [2.24, 2.45) is 0 Å². The molecule has 23 heavy (non-hydrogen) atoms. The highest BCUT2D eigenvalue weighted by Crippen LogP contribution is 2.20. The number of hydrogen-bond donors (Lipinski definition) is 1. The van der Waals surface area contributed by atoms with Gasteiger partial charge in [0, 0.05) is 17.7 Å². The van der Waals surface area contributed by atoms with Crippen molar-refractivity contribution in [2.75, 3.05) is 0 Å². The molecule has 0 spiro atoms. The number of aryl methyl sites for hydroxylation is 1. The molecule has 1 N–H and O–H groups in total. The summed E-state index contributed by atoms with van der Waals surface area (Å²) in [6.07, 6.45) is 0.786. The van der Waals surface area contributed by atoms with Crippen LogP contribution in [0.3, 0.4) is 0 Å². The van der Waals surface area contributed by atoms with Crippen LogP contribution in [0.25, 0.3) is 11.3 Å². The Morgan fingerprint density at radius 2 is 1.96 bits per heavy atom. The number of benzene rings is 1. The Balaban J connectivity index is 1.70. The summed E-state index contributed by atoms with van der Waals surface area (Å²) in [5, 5.41) is 10.6. The Kier molecular flexibility index (Phi) is 4.23. The van der Waals surface area contributed by atoms with Gasteiger partial charge in [0.2, 0.25) is 0 Å². The van der Waals surface area contributed by atoms with Crippen LogP contribution in [0.1, 0.15) is 41.8 Å². The van der Waals surface area contributed by atoms with Crippen LogP contribution in [0.5, 0.6) is 0 Å². The molecular weight excluding hydrogens is 294 g/mol. The monoisotopic (exact) mass is 311 g/mol. The van der Waals surface area contributed by atoms with Crippen LogP contribution in [-0.2, 0) is 6.42 Å². The molecule has 118 valence electrons. The summed E-state index contributed by atoms with van der Waals surface area (Å²) in [6, 6.07) is 12.7. The summed E-state index contributed by atoms with van der Waals surface area (Å²) >= 11 is 0. The molecule has 6 nitrogen and oxygen atoms in total. The smallest absolute Gasteiger partial charge is 0.274 e. The van der Waals surface area contributed by atoms with Crippen molar-refractivity contribution in [3.63, 3.8) is 0 Å². The van der Waals surface area contributed by atoms with Gasteiger partial charge in [-0.3, -0.25) is 4.79 Å². The second kappa shape index (κ2) is 6.48. The number of rotatable bonds is 5. The Hall–Kier alpha value is -2.89. The highest BCUT2D eigenvalue weighted by Gasteiger charge is 2.19. The average molecular weight is 311 g/mol. The summed E-state index contributed by atoms with van der Waals surface area (Å²) in [4.78, 5) is 12.3. The molecule has 1 atom stereocenters. The van der Waals surface area contributed by atoms with E-state index >= 15 is 0 Å². The predicted octanol–water partition coefficient (Wildman–Crippen LogP) is 3.38. The zero-order chi connectivity index (χ0) is 16.2. The Labute approximate surface area is 133 Å². The minimum absolute atomic E-state index is 0.228. The zero-order valence-corrected chi connectivity index (χ0v) is 12.9. The number of amides is 1. The fourth-order valence-corrected chi connectivity index (χ4v) is 2.16. The van der Waals surface area contributed by atoms with Gasteiger partial charge in [0.15, 0.2) is 17.2 Å². The van der Waals surface area contributed by atoms with Gasteiger partial charge in [-0.25, -0.2) is 0 Å². The Bertz CT molecular complexity index is 792. The van der Waals surface area contributed by atoms with E-state index in [1.54, 1.807) is 6.07 Å². The van der Waals surface area contributed by atoms with Crippen LogP contribution in [0, 0.1) is 0 Å². The lowest BCUT2D eigenvalue weighted by Crippen LogP contribution is -2.26. The molecule has 0 saturated heterocycles. The Morgan fingerprint density at radius 1 is 1.17 bits per heavy atom. The van der Waals surface area contributed by atoms with Crippen LogP contribution < -0.4 is 5.32 Å². The molecule has 2 heterocycles. The topological polar surface area (TPSA) is 81.2 Å². The molecule has 0 fully saturated rings. The second-order valence-electron chi connectivity index (χ2n) is 5.21. The summed E-state index contributed by atoms with van der Waals surface area (Å²) < 4.78 is 10.5. The van der Waals surface area contributed by atoms with Crippen LogP contribution in [0.15, 0.2) is 51.5 Å². The maximum Gasteiger partial charge on any atom is 0.274 e. The average Bonchev–Trinajstić information content (AvgIpc) is 3.25. The van der Waals surface area contributed by atoms with Gasteiger partial charge in [0.05, 0.1) is 11.7 Å². The van der Waals surface area contributed by atoms with Crippen LogP contribution in [0.2, 0.25) is 0 Å². The van der Waals surface area contributed by atoms with E-state index in [2.05, 4.69) is 15.6 Å². The molecule has 0 radical (unpaired) electrons. The first-order valence-corrected chi connectivity index (χ1v) is 7.46. The van der Waals surface area contributed by atoms with Gasteiger partial charge < -0.3 is 14.4 Å². The second-order valence-corrected chi connectivity index (χ2v) is 5.21. The molecule has 3 rings (SSSR count). The van der Waals surface area contributed by atoms with E-state index in [0.29, 0.717) is 11.5 Å². The molecule has 0 aliphatic rings. The summed E-state index contributed by atoms with van der Waals surface area (Å²) in [5.41, 5.74) is 1.95. The number of nitrogens with one attached hydrogen (secondary N) is 1. The molecule has 0 aliphatic heterocycles. The van der Waals surface area contributed by atoms with Gasteiger partial charge in [-0.2, -0.15) is 0 Å². The third-order valence-corrected chi connectivity index (χ3v) is 3.51. The molecule has 1 amide bonds. The predicted molar refractivity (Wildman–Crippen MR) is 83.7 cm³/mol. The highest BCUT2D eigenvalue weighted by atomic mass is 16.5. The molecule has 1 aromatic carbocycles. The van der Waals surface area contributed by atoms with Crippen molar-refractivity contribution in [1.82, 2.24) is 15.6 Å². The van der Waals surface area contributed by atoms with Crippen molar-refractivity contribution in [3.8, 4) is 11.3 Å². The molecule has 0 unspecified atom stereocenters. The fraction of sp³-hybridized carbons (Fsp3) is 0.235. The van der Waals surface area contributed by atoms with Crippen molar-refractivity contribution in [3.05, 3.63) is 59.6 Å². The van der Waals surface area contributed by atoms with E-state index in [1.165, 1.54) is 0 Å². The van der Waals surface area contributed by atoms with Crippen molar-refractivity contribution in [2.45, 2.75) is 26.3 Å². The van der Waals surface area contributed by atoms with Gasteiger partial charge in [0.25, 0.3) is 5.91 Å². The maximum absolute atomic E-state index is 12.3. The minimum atomic E-state index is -0.321. The lowest BCUT2D eigenvalue weighted by Gasteiger charge is -2.08. The van der Waals surface area contributed by atoms with E-state index in [4.69, 9.17) is 9.05 Å². The van der Waals surface area contributed by atoms with E-state index in [0.717, 1.165) is 17.7 Å². The number of carbonyl (C=O) groups excluding carboxylic acids is 1. The van der Waals surface area contributed by atoms with Crippen molar-refractivity contribution < 1.29 is 13.8 Å². The van der Waals surface area contributed by atoms with E-state index in [-0.39, 0.29) is 17.6 Å². The molecule has 6 heteroatoms. The molecule has 3 aromatic rings. The van der Waals surface area contributed by atoms with Gasteiger partial charge in [-0.15, -0.1) is 0 Å². The maximum atomic E-state index is 12.3. The lowest BCUT2D eigenvalue weighted by atomic mass is 10.1. The first kappa shape index (κ1) is 15.0. The van der Waals surface area contributed by atoms with Gasteiger partial charge in [0.1, 0.15) is 0 Å². The quantitative estimate of drug-likeness (QED) is 0.781. The van der Waals surface area contributed by atoms with Gasteiger partial charge in [-0.05, 0) is 13.3 Å². The van der Waals surface area contributed by atoms with Crippen LogP contribution in [-0.4, -0.2) is 16.2 Å². The minimum Gasteiger partial charge on any atom is -0.359 e. The summed E-state index contributed by atoms with van der Waals surface area (Å²) in [5.74, 6) is 0.844. The van der Waals surface area contributed by atoms with E-state index in [1.807, 2.05) is 50.2 Å². The Morgan fingerprint density at radius 3 is 2.65 bits per heavy atom. The van der Waals surface area contributed by atoms with Crippen LogP contribution in [0.4, 0.5) is 0 Å². The van der Waals surface area contributed by atoms with Crippen molar-refractivity contribution in [1.29, 1.82) is 0 Å². The first-order chi connectivity index (χ1) is 11.2.